The predicted octanol–water partition coefficient (Wildman–Crippen LogP) is 4.29. The number of imidazole rings is 1. The summed E-state index contributed by atoms with van der Waals surface area (Å²) in [6, 6.07) is 10.6. The molecule has 0 aliphatic rings. The van der Waals surface area contributed by atoms with Crippen molar-refractivity contribution in [3.05, 3.63) is 56.4 Å². The number of hydrogen-bond acceptors (Lipinski definition) is 2. The number of carbonyl (C=O) groups is 1. The second-order valence-corrected chi connectivity index (χ2v) is 6.25. The Bertz CT molecular complexity index is 873. The first-order chi connectivity index (χ1) is 9.97. The highest BCUT2D eigenvalue weighted by Crippen LogP contribution is 2.28. The number of aryl methyl sites for hydroxylation is 1. The van der Waals surface area contributed by atoms with Crippen molar-refractivity contribution in [2.24, 2.45) is 0 Å². The van der Waals surface area contributed by atoms with Crippen LogP contribution in [-0.4, -0.2) is 20.6 Å². The van der Waals surface area contributed by atoms with Crippen LogP contribution in [0.1, 0.15) is 16.2 Å². The minimum absolute atomic E-state index is 0.227. The Labute approximate surface area is 139 Å². The molecule has 1 aromatic heterocycles. The topological polar surface area (TPSA) is 55.1 Å². The van der Waals surface area contributed by atoms with Crippen LogP contribution in [0.3, 0.4) is 0 Å². The van der Waals surface area contributed by atoms with Crippen LogP contribution in [0.5, 0.6) is 0 Å². The number of aromatic carboxylic acids is 1. The van der Waals surface area contributed by atoms with Gasteiger partial charge >= 0.3 is 5.97 Å². The molecule has 3 aromatic rings. The molecule has 106 valence electrons. The quantitative estimate of drug-likeness (QED) is 0.639. The average Bonchev–Trinajstić information content (AvgIpc) is 2.74. The molecule has 0 bridgehead atoms. The third kappa shape index (κ3) is 2.51. The number of carboxylic acid groups (broad SMARTS) is 1. The van der Waals surface area contributed by atoms with Crippen LogP contribution in [0.25, 0.3) is 16.7 Å². The fraction of sp³-hybridized carbons (Fsp3) is 0.0667. The first-order valence-corrected chi connectivity index (χ1v) is 7.61. The SMILES string of the molecule is Cc1nc2ccc(C(=O)O)cc2n1-c1ccc(I)cc1Cl. The molecule has 4 nitrogen and oxygen atoms in total. The van der Waals surface area contributed by atoms with Crippen LogP contribution >= 0.6 is 34.2 Å². The van der Waals surface area contributed by atoms with Crippen LogP contribution < -0.4 is 0 Å². The van der Waals surface area contributed by atoms with Gasteiger partial charge in [-0.05, 0) is 65.9 Å². The Kier molecular flexibility index (Phi) is 3.62. The summed E-state index contributed by atoms with van der Waals surface area (Å²) < 4.78 is 2.91. The molecule has 0 saturated heterocycles. The Morgan fingerprint density at radius 3 is 2.71 bits per heavy atom. The monoisotopic (exact) mass is 412 g/mol. The van der Waals surface area contributed by atoms with Crippen LogP contribution in [0, 0.1) is 10.5 Å². The number of halogens is 2. The number of hydrogen-bond donors (Lipinski definition) is 1. The van der Waals surface area contributed by atoms with Gasteiger partial charge in [0.2, 0.25) is 0 Å². The van der Waals surface area contributed by atoms with Crippen LogP contribution in [-0.2, 0) is 0 Å². The van der Waals surface area contributed by atoms with Gasteiger partial charge in [0.15, 0.2) is 0 Å². The van der Waals surface area contributed by atoms with E-state index in [0.29, 0.717) is 5.02 Å². The smallest absolute Gasteiger partial charge is 0.335 e. The lowest BCUT2D eigenvalue weighted by Crippen LogP contribution is -2.00. The van der Waals surface area contributed by atoms with Gasteiger partial charge < -0.3 is 5.11 Å². The van der Waals surface area contributed by atoms with E-state index < -0.39 is 5.97 Å². The predicted molar refractivity (Wildman–Crippen MR) is 90.5 cm³/mol. The summed E-state index contributed by atoms with van der Waals surface area (Å²) in [5, 5.41) is 9.75. The molecule has 0 aliphatic carbocycles. The van der Waals surface area contributed by atoms with E-state index in [4.69, 9.17) is 16.7 Å². The maximum Gasteiger partial charge on any atom is 0.335 e. The third-order valence-corrected chi connectivity index (χ3v) is 4.19. The van der Waals surface area contributed by atoms with Gasteiger partial charge in [0, 0.05) is 3.57 Å². The molecule has 0 aliphatic heterocycles. The molecule has 21 heavy (non-hydrogen) atoms. The minimum Gasteiger partial charge on any atom is -0.478 e. The first kappa shape index (κ1) is 14.3. The molecule has 0 saturated carbocycles. The summed E-state index contributed by atoms with van der Waals surface area (Å²) >= 11 is 8.52. The van der Waals surface area contributed by atoms with E-state index >= 15 is 0 Å². The van der Waals surface area contributed by atoms with E-state index in [1.807, 2.05) is 29.7 Å². The standard InChI is InChI=1S/C15H10ClIN2O2/c1-8-18-12-4-2-9(15(20)21)6-14(12)19(8)13-5-3-10(17)7-11(13)16/h2-7H,1H3,(H,20,21). The lowest BCUT2D eigenvalue weighted by Gasteiger charge is -2.09. The molecule has 1 heterocycles. The molecule has 6 heteroatoms. The maximum absolute atomic E-state index is 11.2. The summed E-state index contributed by atoms with van der Waals surface area (Å²) in [5.41, 5.74) is 2.49. The van der Waals surface area contributed by atoms with Gasteiger partial charge in [0.05, 0.1) is 27.3 Å². The zero-order chi connectivity index (χ0) is 15.1. The van der Waals surface area contributed by atoms with Crippen LogP contribution in [0.4, 0.5) is 0 Å². The van der Waals surface area contributed by atoms with Crippen molar-refractivity contribution in [3.8, 4) is 5.69 Å². The van der Waals surface area contributed by atoms with Gasteiger partial charge in [-0.25, -0.2) is 9.78 Å². The molecule has 2 aromatic carbocycles. The number of nitrogens with zero attached hydrogens (tertiary/aromatic N) is 2. The molecule has 3 rings (SSSR count). The minimum atomic E-state index is -0.962. The fourth-order valence-corrected chi connectivity index (χ4v) is 3.24. The maximum atomic E-state index is 11.2. The van der Waals surface area contributed by atoms with Crippen molar-refractivity contribution in [2.75, 3.05) is 0 Å². The summed E-state index contributed by atoms with van der Waals surface area (Å²) in [7, 11) is 0. The molecular formula is C15H10ClIN2O2. The van der Waals surface area contributed by atoms with Gasteiger partial charge in [0.1, 0.15) is 5.82 Å². The Morgan fingerprint density at radius 2 is 2.05 bits per heavy atom. The van der Waals surface area contributed by atoms with Crippen LogP contribution in [0.15, 0.2) is 36.4 Å². The van der Waals surface area contributed by atoms with Gasteiger partial charge in [-0.1, -0.05) is 11.6 Å². The van der Waals surface area contributed by atoms with E-state index in [2.05, 4.69) is 27.6 Å². The van der Waals surface area contributed by atoms with Gasteiger partial charge in [-0.3, -0.25) is 4.57 Å². The molecule has 1 N–H and O–H groups in total. The zero-order valence-electron chi connectivity index (χ0n) is 11.0. The molecule has 0 radical (unpaired) electrons. The largest absolute Gasteiger partial charge is 0.478 e. The van der Waals surface area contributed by atoms with Gasteiger partial charge in [-0.15, -0.1) is 0 Å². The molecule has 0 spiro atoms. The molecule has 0 unspecified atom stereocenters. The van der Waals surface area contributed by atoms with Crippen molar-refractivity contribution in [1.29, 1.82) is 0 Å². The zero-order valence-corrected chi connectivity index (χ0v) is 13.9. The van der Waals surface area contributed by atoms with Gasteiger partial charge in [0.25, 0.3) is 0 Å². The normalized spacial score (nSPS) is 11.0. The van der Waals surface area contributed by atoms with E-state index in [0.717, 1.165) is 26.1 Å². The number of benzene rings is 2. The number of rotatable bonds is 2. The van der Waals surface area contributed by atoms with E-state index in [-0.39, 0.29) is 5.56 Å². The lowest BCUT2D eigenvalue weighted by atomic mass is 10.2. The van der Waals surface area contributed by atoms with Crippen molar-refractivity contribution in [3.63, 3.8) is 0 Å². The highest BCUT2D eigenvalue weighted by atomic mass is 127. The molecule has 0 fully saturated rings. The first-order valence-electron chi connectivity index (χ1n) is 6.15. The number of carboxylic acids is 1. The second-order valence-electron chi connectivity index (χ2n) is 4.60. The number of fused-ring (bicyclic) bond motifs is 1. The van der Waals surface area contributed by atoms with Crippen molar-refractivity contribution in [1.82, 2.24) is 9.55 Å². The molecule has 0 amide bonds. The summed E-state index contributed by atoms with van der Waals surface area (Å²) in [6.45, 7) is 1.87. The summed E-state index contributed by atoms with van der Waals surface area (Å²) in [4.78, 5) is 15.6. The Hall–Kier alpha value is -1.60. The number of aromatic nitrogens is 2. The lowest BCUT2D eigenvalue weighted by molar-refractivity contribution is 0.0697. The van der Waals surface area contributed by atoms with E-state index in [9.17, 15) is 4.79 Å². The van der Waals surface area contributed by atoms with E-state index in [1.54, 1.807) is 18.2 Å². The second kappa shape index (κ2) is 5.31. The summed E-state index contributed by atoms with van der Waals surface area (Å²) in [5.74, 6) is -0.202. The van der Waals surface area contributed by atoms with Gasteiger partial charge in [-0.2, -0.15) is 0 Å². The molecule has 0 atom stereocenters. The van der Waals surface area contributed by atoms with E-state index in [1.165, 1.54) is 0 Å². The summed E-state index contributed by atoms with van der Waals surface area (Å²) in [6.07, 6.45) is 0. The van der Waals surface area contributed by atoms with Crippen LogP contribution in [0.2, 0.25) is 5.02 Å². The third-order valence-electron chi connectivity index (χ3n) is 3.22. The molecular weight excluding hydrogens is 403 g/mol. The van der Waals surface area contributed by atoms with Crippen molar-refractivity contribution in [2.45, 2.75) is 6.92 Å². The van der Waals surface area contributed by atoms with Crippen molar-refractivity contribution >= 4 is 51.2 Å². The average molecular weight is 413 g/mol. The Balaban J connectivity index is 2.32. The van der Waals surface area contributed by atoms with Crippen molar-refractivity contribution < 1.29 is 9.90 Å². The fourth-order valence-electron chi connectivity index (χ4n) is 2.30. The highest BCUT2D eigenvalue weighted by molar-refractivity contribution is 14.1. The highest BCUT2D eigenvalue weighted by Gasteiger charge is 2.14. The Morgan fingerprint density at radius 1 is 1.29 bits per heavy atom.